The average Bonchev–Trinajstić information content (AvgIpc) is 2.20. The highest BCUT2D eigenvalue weighted by Crippen LogP contribution is 2.33. The molecule has 0 heterocycles. The molecule has 0 radical (unpaired) electrons. The fourth-order valence-corrected chi connectivity index (χ4v) is 2.49. The summed E-state index contributed by atoms with van der Waals surface area (Å²) in [4.78, 5) is 0. The van der Waals surface area contributed by atoms with Crippen molar-refractivity contribution in [3.05, 3.63) is 34.6 Å². The van der Waals surface area contributed by atoms with Gasteiger partial charge in [-0.25, -0.2) is 4.39 Å². The van der Waals surface area contributed by atoms with E-state index >= 15 is 0 Å². The molecular formula is C14H19ClFN. The van der Waals surface area contributed by atoms with Crippen molar-refractivity contribution >= 4 is 11.6 Å². The molecule has 1 aliphatic rings. The summed E-state index contributed by atoms with van der Waals surface area (Å²) in [7, 11) is 0. The van der Waals surface area contributed by atoms with Gasteiger partial charge in [-0.05, 0) is 42.4 Å². The van der Waals surface area contributed by atoms with Crippen LogP contribution in [-0.2, 0) is 6.54 Å². The molecule has 1 saturated carbocycles. The van der Waals surface area contributed by atoms with Gasteiger partial charge in [0, 0.05) is 12.6 Å². The second kappa shape index (κ2) is 5.36. The molecule has 17 heavy (non-hydrogen) atoms. The molecule has 0 aromatic heterocycles. The SMILES string of the molecule is CC(C)C1CC(NCc2ccc(F)c(Cl)c2)C1. The zero-order chi connectivity index (χ0) is 12.4. The average molecular weight is 256 g/mol. The lowest BCUT2D eigenvalue weighted by Crippen LogP contribution is -2.42. The summed E-state index contributed by atoms with van der Waals surface area (Å²) in [5, 5.41) is 3.69. The smallest absolute Gasteiger partial charge is 0.141 e. The molecule has 1 nitrogen and oxygen atoms in total. The summed E-state index contributed by atoms with van der Waals surface area (Å²) in [5.41, 5.74) is 1.05. The fourth-order valence-electron chi connectivity index (χ4n) is 2.28. The van der Waals surface area contributed by atoms with Crippen molar-refractivity contribution in [2.75, 3.05) is 0 Å². The molecule has 0 saturated heterocycles. The molecule has 2 rings (SSSR count). The van der Waals surface area contributed by atoms with Crippen molar-refractivity contribution < 1.29 is 4.39 Å². The van der Waals surface area contributed by atoms with E-state index in [-0.39, 0.29) is 10.8 Å². The van der Waals surface area contributed by atoms with Crippen LogP contribution < -0.4 is 5.32 Å². The monoisotopic (exact) mass is 255 g/mol. The second-order valence-corrected chi connectivity index (χ2v) is 5.71. The zero-order valence-corrected chi connectivity index (χ0v) is 11.1. The van der Waals surface area contributed by atoms with Crippen molar-refractivity contribution in [1.29, 1.82) is 0 Å². The minimum absolute atomic E-state index is 0.206. The van der Waals surface area contributed by atoms with E-state index in [0.29, 0.717) is 6.04 Å². The molecule has 0 atom stereocenters. The summed E-state index contributed by atoms with van der Waals surface area (Å²) < 4.78 is 13.0. The number of benzene rings is 1. The summed E-state index contributed by atoms with van der Waals surface area (Å²) in [6.07, 6.45) is 2.51. The van der Waals surface area contributed by atoms with Gasteiger partial charge in [0.15, 0.2) is 0 Å². The van der Waals surface area contributed by atoms with Gasteiger partial charge < -0.3 is 5.32 Å². The van der Waals surface area contributed by atoms with E-state index < -0.39 is 0 Å². The first-order valence-corrected chi connectivity index (χ1v) is 6.61. The number of hydrogen-bond donors (Lipinski definition) is 1. The van der Waals surface area contributed by atoms with Crippen molar-refractivity contribution in [1.82, 2.24) is 5.32 Å². The lowest BCUT2D eigenvalue weighted by Gasteiger charge is -2.38. The van der Waals surface area contributed by atoms with Gasteiger partial charge in [0.25, 0.3) is 0 Å². The third kappa shape index (κ3) is 3.20. The van der Waals surface area contributed by atoms with Crippen LogP contribution in [0.15, 0.2) is 18.2 Å². The Labute approximate surface area is 107 Å². The summed E-state index contributed by atoms with van der Waals surface area (Å²) >= 11 is 5.74. The van der Waals surface area contributed by atoms with E-state index in [1.54, 1.807) is 12.1 Å². The molecular weight excluding hydrogens is 237 g/mol. The number of hydrogen-bond acceptors (Lipinski definition) is 1. The van der Waals surface area contributed by atoms with Gasteiger partial charge in [-0.1, -0.05) is 31.5 Å². The van der Waals surface area contributed by atoms with Crippen molar-refractivity contribution in [2.45, 2.75) is 39.3 Å². The molecule has 94 valence electrons. The Bertz CT molecular complexity index is 386. The predicted octanol–water partition coefficient (Wildman–Crippen LogP) is 4.00. The standard InChI is InChI=1S/C14H19ClFN/c1-9(2)11-6-12(7-11)17-8-10-3-4-14(16)13(15)5-10/h3-5,9,11-12,17H,6-8H2,1-2H3. The maximum absolute atomic E-state index is 13.0. The molecule has 0 aliphatic heterocycles. The Morgan fingerprint density at radius 2 is 2.12 bits per heavy atom. The van der Waals surface area contributed by atoms with E-state index in [2.05, 4.69) is 19.2 Å². The minimum atomic E-state index is -0.348. The van der Waals surface area contributed by atoms with Gasteiger partial charge in [-0.2, -0.15) is 0 Å². The van der Waals surface area contributed by atoms with E-state index in [1.165, 1.54) is 18.9 Å². The Balaban J connectivity index is 1.78. The number of nitrogens with one attached hydrogen (secondary N) is 1. The molecule has 1 aromatic rings. The molecule has 1 fully saturated rings. The summed E-state index contributed by atoms with van der Waals surface area (Å²) in [6, 6.07) is 5.53. The highest BCUT2D eigenvalue weighted by Gasteiger charge is 2.30. The van der Waals surface area contributed by atoms with Crippen LogP contribution in [0.25, 0.3) is 0 Å². The Hall–Kier alpha value is -0.600. The van der Waals surface area contributed by atoms with Crippen LogP contribution in [0.4, 0.5) is 4.39 Å². The molecule has 0 bridgehead atoms. The van der Waals surface area contributed by atoms with Gasteiger partial charge in [0.2, 0.25) is 0 Å². The van der Waals surface area contributed by atoms with E-state index in [9.17, 15) is 4.39 Å². The minimum Gasteiger partial charge on any atom is -0.310 e. The fraction of sp³-hybridized carbons (Fsp3) is 0.571. The Morgan fingerprint density at radius 3 is 2.71 bits per heavy atom. The van der Waals surface area contributed by atoms with Gasteiger partial charge >= 0.3 is 0 Å². The molecule has 0 amide bonds. The largest absolute Gasteiger partial charge is 0.310 e. The number of halogens is 2. The van der Waals surface area contributed by atoms with Crippen LogP contribution in [-0.4, -0.2) is 6.04 Å². The highest BCUT2D eigenvalue weighted by molar-refractivity contribution is 6.30. The quantitative estimate of drug-likeness (QED) is 0.857. The van der Waals surface area contributed by atoms with Gasteiger partial charge in [-0.3, -0.25) is 0 Å². The van der Waals surface area contributed by atoms with E-state index in [1.807, 2.05) is 0 Å². The molecule has 0 spiro atoms. The zero-order valence-electron chi connectivity index (χ0n) is 10.3. The highest BCUT2D eigenvalue weighted by atomic mass is 35.5. The first kappa shape index (κ1) is 12.8. The van der Waals surface area contributed by atoms with Crippen molar-refractivity contribution in [3.8, 4) is 0 Å². The normalized spacial score (nSPS) is 23.8. The lowest BCUT2D eigenvalue weighted by molar-refractivity contribution is 0.167. The molecule has 0 unspecified atom stereocenters. The lowest BCUT2D eigenvalue weighted by atomic mass is 9.73. The Kier molecular flexibility index (Phi) is 4.05. The van der Waals surface area contributed by atoms with E-state index in [0.717, 1.165) is 23.9 Å². The van der Waals surface area contributed by atoms with Crippen LogP contribution in [0.1, 0.15) is 32.3 Å². The maximum Gasteiger partial charge on any atom is 0.141 e. The first-order valence-electron chi connectivity index (χ1n) is 6.23. The van der Waals surface area contributed by atoms with Crippen LogP contribution in [0.2, 0.25) is 5.02 Å². The maximum atomic E-state index is 13.0. The topological polar surface area (TPSA) is 12.0 Å². The van der Waals surface area contributed by atoms with Crippen molar-refractivity contribution in [2.24, 2.45) is 11.8 Å². The van der Waals surface area contributed by atoms with Crippen LogP contribution in [0, 0.1) is 17.7 Å². The predicted molar refractivity (Wildman–Crippen MR) is 69.6 cm³/mol. The van der Waals surface area contributed by atoms with Gasteiger partial charge in [0.05, 0.1) is 5.02 Å². The first-order chi connectivity index (χ1) is 8.06. The van der Waals surface area contributed by atoms with Crippen LogP contribution in [0.5, 0.6) is 0 Å². The molecule has 1 N–H and O–H groups in total. The number of rotatable bonds is 4. The molecule has 3 heteroatoms. The van der Waals surface area contributed by atoms with Crippen LogP contribution >= 0.6 is 11.6 Å². The second-order valence-electron chi connectivity index (χ2n) is 5.30. The van der Waals surface area contributed by atoms with Crippen LogP contribution in [0.3, 0.4) is 0 Å². The Morgan fingerprint density at radius 1 is 1.41 bits per heavy atom. The van der Waals surface area contributed by atoms with E-state index in [4.69, 9.17) is 11.6 Å². The summed E-state index contributed by atoms with van der Waals surface area (Å²) in [6.45, 7) is 5.33. The van der Waals surface area contributed by atoms with Gasteiger partial charge in [0.1, 0.15) is 5.82 Å². The summed E-state index contributed by atoms with van der Waals surface area (Å²) in [5.74, 6) is 1.30. The third-order valence-electron chi connectivity index (χ3n) is 3.70. The molecule has 1 aromatic carbocycles. The third-order valence-corrected chi connectivity index (χ3v) is 3.99. The van der Waals surface area contributed by atoms with Crippen molar-refractivity contribution in [3.63, 3.8) is 0 Å². The molecule has 1 aliphatic carbocycles. The van der Waals surface area contributed by atoms with Gasteiger partial charge in [-0.15, -0.1) is 0 Å².